The molecule has 0 saturated carbocycles. The summed E-state index contributed by atoms with van der Waals surface area (Å²) in [5, 5.41) is 8.62. The normalized spacial score (nSPS) is 16.7. The van der Waals surface area contributed by atoms with Gasteiger partial charge in [0.1, 0.15) is 0 Å². The van der Waals surface area contributed by atoms with Crippen molar-refractivity contribution >= 4 is 28.3 Å². The lowest BCUT2D eigenvalue weighted by Gasteiger charge is -2.32. The molecule has 0 aromatic heterocycles. The van der Waals surface area contributed by atoms with Crippen LogP contribution in [0.2, 0.25) is 0 Å². The molecule has 1 fully saturated rings. The van der Waals surface area contributed by atoms with Gasteiger partial charge in [-0.05, 0) is 60.3 Å². The molecule has 1 saturated heterocycles. The van der Waals surface area contributed by atoms with Crippen molar-refractivity contribution in [2.75, 3.05) is 18.4 Å². The number of hydrogen-bond acceptors (Lipinski definition) is 3. The largest absolute Gasteiger partial charge is 0.345 e. The number of piperidine rings is 1. The summed E-state index contributed by atoms with van der Waals surface area (Å²) >= 11 is 0. The molecule has 4 aromatic carbocycles. The fourth-order valence-electron chi connectivity index (χ4n) is 5.21. The smallest absolute Gasteiger partial charge is 0.253 e. The van der Waals surface area contributed by atoms with Gasteiger partial charge >= 0.3 is 0 Å². The number of nitrogens with zero attached hydrogens (tertiary/aromatic N) is 1. The molecule has 2 unspecified atom stereocenters. The Hall–Kier alpha value is -3.96. The van der Waals surface area contributed by atoms with Gasteiger partial charge < -0.3 is 10.6 Å². The lowest BCUT2D eigenvalue weighted by molar-refractivity contribution is -0.121. The second-order valence-corrected chi connectivity index (χ2v) is 9.85. The minimum Gasteiger partial charge on any atom is -0.345 e. The Labute approximate surface area is 218 Å². The number of hydrogen-bond donors (Lipinski definition) is 2. The predicted octanol–water partition coefficient (Wildman–Crippen LogP) is 6.18. The van der Waals surface area contributed by atoms with Crippen molar-refractivity contribution in [1.82, 2.24) is 10.2 Å². The number of carbonyl (C=O) groups is 2. The first-order valence-corrected chi connectivity index (χ1v) is 13.0. The van der Waals surface area contributed by atoms with E-state index >= 15 is 0 Å². The van der Waals surface area contributed by atoms with E-state index in [-0.39, 0.29) is 23.8 Å². The highest BCUT2D eigenvalue weighted by atomic mass is 16.2. The molecule has 1 aliphatic rings. The lowest BCUT2D eigenvalue weighted by atomic mass is 9.95. The molecule has 4 aromatic rings. The average Bonchev–Trinajstić information content (AvgIpc) is 2.94. The van der Waals surface area contributed by atoms with Crippen LogP contribution in [-0.4, -0.2) is 29.8 Å². The molecule has 37 heavy (non-hydrogen) atoms. The summed E-state index contributed by atoms with van der Waals surface area (Å²) in [6, 6.07) is 31.8. The third-order valence-corrected chi connectivity index (χ3v) is 7.23. The zero-order valence-corrected chi connectivity index (χ0v) is 21.2. The first-order chi connectivity index (χ1) is 18.1. The van der Waals surface area contributed by atoms with E-state index < -0.39 is 0 Å². The van der Waals surface area contributed by atoms with Crippen molar-refractivity contribution in [3.05, 3.63) is 114 Å². The van der Waals surface area contributed by atoms with Crippen molar-refractivity contribution in [2.45, 2.75) is 32.4 Å². The number of benzene rings is 4. The molecule has 0 radical (unpaired) electrons. The summed E-state index contributed by atoms with van der Waals surface area (Å²) in [4.78, 5) is 28.8. The van der Waals surface area contributed by atoms with Gasteiger partial charge in [0.25, 0.3) is 5.91 Å². The number of likely N-dealkylation sites (tertiary alicyclic amines) is 1. The summed E-state index contributed by atoms with van der Waals surface area (Å²) in [7, 11) is 0. The molecule has 2 N–H and O–H groups in total. The van der Waals surface area contributed by atoms with Gasteiger partial charge in [0, 0.05) is 13.1 Å². The van der Waals surface area contributed by atoms with Gasteiger partial charge in [-0.2, -0.15) is 0 Å². The maximum atomic E-state index is 13.3. The molecule has 188 valence electrons. The van der Waals surface area contributed by atoms with E-state index in [2.05, 4.69) is 58.0 Å². The molecule has 2 amide bonds. The van der Waals surface area contributed by atoms with Crippen LogP contribution in [0, 0.1) is 5.92 Å². The van der Waals surface area contributed by atoms with Crippen LogP contribution in [0.25, 0.3) is 10.8 Å². The van der Waals surface area contributed by atoms with Crippen LogP contribution in [0.1, 0.15) is 47.3 Å². The predicted molar refractivity (Wildman–Crippen MR) is 149 cm³/mol. The third-order valence-electron chi connectivity index (χ3n) is 7.23. The van der Waals surface area contributed by atoms with Crippen LogP contribution in [-0.2, 0) is 11.3 Å². The Bertz CT molecular complexity index is 1380. The highest BCUT2D eigenvalue weighted by Crippen LogP contribution is 2.25. The number of amides is 2. The number of carbonyl (C=O) groups excluding carboxylic acids is 2. The summed E-state index contributed by atoms with van der Waals surface area (Å²) in [6.07, 6.45) is 1.82. The Balaban J connectivity index is 1.24. The molecular formula is C32H33N3O2. The number of rotatable bonds is 7. The van der Waals surface area contributed by atoms with Crippen LogP contribution in [0.5, 0.6) is 0 Å². The van der Waals surface area contributed by atoms with Crippen molar-refractivity contribution in [1.29, 1.82) is 0 Å². The molecule has 0 aliphatic carbocycles. The van der Waals surface area contributed by atoms with E-state index in [0.29, 0.717) is 17.8 Å². The second-order valence-electron chi connectivity index (χ2n) is 9.85. The molecule has 5 heteroatoms. The number of nitrogens with one attached hydrogen (secondary N) is 2. The van der Waals surface area contributed by atoms with Gasteiger partial charge in [-0.25, -0.2) is 0 Å². The van der Waals surface area contributed by atoms with Gasteiger partial charge in [-0.3, -0.25) is 14.5 Å². The van der Waals surface area contributed by atoms with Gasteiger partial charge in [-0.15, -0.1) is 0 Å². The highest BCUT2D eigenvalue weighted by molar-refractivity contribution is 6.04. The van der Waals surface area contributed by atoms with E-state index in [1.54, 1.807) is 12.1 Å². The standard InChI is InChI=1S/C32H33N3O2/c1-23(24-11-3-2-4-12-24)33-32(37)29-18-7-8-19-30(29)34-31(36)27-16-10-20-35(22-27)21-26-15-9-14-25-13-5-6-17-28(25)26/h2-9,11-15,17-19,23,27H,10,16,20-22H2,1H3,(H,33,37)(H,34,36). The van der Waals surface area contributed by atoms with Crippen LogP contribution >= 0.6 is 0 Å². The maximum absolute atomic E-state index is 13.3. The van der Waals surface area contributed by atoms with E-state index in [1.807, 2.05) is 49.4 Å². The zero-order valence-electron chi connectivity index (χ0n) is 21.2. The first kappa shape index (κ1) is 24.7. The van der Waals surface area contributed by atoms with E-state index in [1.165, 1.54) is 16.3 Å². The van der Waals surface area contributed by atoms with Crippen LogP contribution in [0.4, 0.5) is 5.69 Å². The second kappa shape index (κ2) is 11.4. The van der Waals surface area contributed by atoms with Gasteiger partial charge in [0.05, 0.1) is 23.2 Å². The molecular weight excluding hydrogens is 458 g/mol. The molecule has 2 atom stereocenters. The van der Waals surface area contributed by atoms with Crippen LogP contribution in [0.3, 0.4) is 0 Å². The summed E-state index contributed by atoms with van der Waals surface area (Å²) < 4.78 is 0. The monoisotopic (exact) mass is 491 g/mol. The SMILES string of the molecule is CC(NC(=O)c1ccccc1NC(=O)C1CCCN(Cc2cccc3ccccc23)C1)c1ccccc1. The van der Waals surface area contributed by atoms with Crippen LogP contribution in [0.15, 0.2) is 97.1 Å². The quantitative estimate of drug-likeness (QED) is 0.324. The molecule has 0 bridgehead atoms. The number of para-hydroxylation sites is 1. The van der Waals surface area contributed by atoms with Crippen LogP contribution < -0.4 is 10.6 Å². The average molecular weight is 492 g/mol. The van der Waals surface area contributed by atoms with Crippen molar-refractivity contribution in [2.24, 2.45) is 5.92 Å². The Morgan fingerprint density at radius 1 is 0.892 bits per heavy atom. The van der Waals surface area contributed by atoms with Gasteiger partial charge in [0.2, 0.25) is 5.91 Å². The lowest BCUT2D eigenvalue weighted by Crippen LogP contribution is -2.40. The minimum atomic E-state index is -0.200. The maximum Gasteiger partial charge on any atom is 0.253 e. The van der Waals surface area contributed by atoms with E-state index in [9.17, 15) is 9.59 Å². The molecule has 1 aliphatic heterocycles. The van der Waals surface area contributed by atoms with Crippen molar-refractivity contribution in [3.8, 4) is 0 Å². The van der Waals surface area contributed by atoms with E-state index in [4.69, 9.17) is 0 Å². The highest BCUT2D eigenvalue weighted by Gasteiger charge is 2.27. The topological polar surface area (TPSA) is 61.4 Å². The van der Waals surface area contributed by atoms with E-state index in [0.717, 1.165) is 31.5 Å². The fourth-order valence-corrected chi connectivity index (χ4v) is 5.21. The number of anilines is 1. The summed E-state index contributed by atoms with van der Waals surface area (Å²) in [5.41, 5.74) is 3.35. The van der Waals surface area contributed by atoms with Gasteiger partial charge in [0.15, 0.2) is 0 Å². The molecule has 0 spiro atoms. The summed E-state index contributed by atoms with van der Waals surface area (Å²) in [6.45, 7) is 4.46. The zero-order chi connectivity index (χ0) is 25.6. The Morgan fingerprint density at radius 2 is 1.62 bits per heavy atom. The van der Waals surface area contributed by atoms with Crippen molar-refractivity contribution in [3.63, 3.8) is 0 Å². The third kappa shape index (κ3) is 5.89. The number of fused-ring (bicyclic) bond motifs is 1. The first-order valence-electron chi connectivity index (χ1n) is 13.0. The Morgan fingerprint density at radius 3 is 2.49 bits per heavy atom. The Kier molecular flexibility index (Phi) is 7.62. The minimum absolute atomic E-state index is 0.0287. The molecule has 1 heterocycles. The summed E-state index contributed by atoms with van der Waals surface area (Å²) in [5.74, 6) is -0.351. The van der Waals surface area contributed by atoms with Crippen molar-refractivity contribution < 1.29 is 9.59 Å². The fraction of sp³-hybridized carbons (Fsp3) is 0.250. The van der Waals surface area contributed by atoms with Gasteiger partial charge in [-0.1, -0.05) is 84.9 Å². The molecule has 5 nitrogen and oxygen atoms in total. The molecule has 5 rings (SSSR count).